The van der Waals surface area contributed by atoms with Crippen LogP contribution in [0.15, 0.2) is 11.3 Å². The van der Waals surface area contributed by atoms with Gasteiger partial charge in [0.1, 0.15) is 0 Å². The van der Waals surface area contributed by atoms with Crippen LogP contribution in [-0.2, 0) is 0 Å². The number of hydrogen-bond acceptors (Lipinski definition) is 1. The van der Waals surface area contributed by atoms with Crippen LogP contribution in [0, 0.1) is 17.3 Å². The Kier molecular flexibility index (Phi) is 1.19. The minimum Gasteiger partial charge on any atom is -0.512 e. The summed E-state index contributed by atoms with van der Waals surface area (Å²) in [6.45, 7) is 6.68. The molecule has 1 saturated carbocycles. The highest BCUT2D eigenvalue weighted by Crippen LogP contribution is 2.65. The third kappa shape index (κ3) is 0.831. The number of rotatable bonds is 0. The Labute approximate surface area is 68.1 Å². The molecule has 2 atom stereocenters. The molecule has 11 heavy (non-hydrogen) atoms. The fourth-order valence-corrected chi connectivity index (χ4v) is 2.50. The molecule has 2 aliphatic rings. The fraction of sp³-hybridized carbons (Fsp3) is 0.800. The summed E-state index contributed by atoms with van der Waals surface area (Å²) in [7, 11) is 0. The minimum atomic E-state index is 0.506. The molecular formula is C10H16O. The molecule has 1 fully saturated rings. The topological polar surface area (TPSA) is 20.2 Å². The maximum Gasteiger partial charge on any atom is 0.0914 e. The van der Waals surface area contributed by atoms with E-state index in [1.54, 1.807) is 0 Å². The SMILES string of the molecule is CC1=C(O)C[C@H]2[C@@H](C1)C2(C)C. The van der Waals surface area contributed by atoms with Crippen molar-refractivity contribution in [2.75, 3.05) is 0 Å². The van der Waals surface area contributed by atoms with Crippen molar-refractivity contribution in [3.63, 3.8) is 0 Å². The lowest BCUT2D eigenvalue weighted by Crippen LogP contribution is -1.98. The van der Waals surface area contributed by atoms with Crippen LogP contribution in [0.4, 0.5) is 0 Å². The van der Waals surface area contributed by atoms with Gasteiger partial charge in [0, 0.05) is 6.42 Å². The van der Waals surface area contributed by atoms with E-state index in [0.717, 1.165) is 24.7 Å². The van der Waals surface area contributed by atoms with Crippen LogP contribution in [0.2, 0.25) is 0 Å². The van der Waals surface area contributed by atoms with Crippen molar-refractivity contribution >= 4 is 0 Å². The molecule has 0 aromatic rings. The molecule has 1 heteroatoms. The van der Waals surface area contributed by atoms with E-state index in [-0.39, 0.29) is 0 Å². The third-order valence-electron chi connectivity index (χ3n) is 3.72. The zero-order chi connectivity index (χ0) is 8.22. The molecule has 0 amide bonds. The summed E-state index contributed by atoms with van der Waals surface area (Å²) in [5.41, 5.74) is 1.72. The lowest BCUT2D eigenvalue weighted by Gasteiger charge is -2.10. The Balaban J connectivity index is 2.18. The van der Waals surface area contributed by atoms with Crippen molar-refractivity contribution in [1.82, 2.24) is 0 Å². The van der Waals surface area contributed by atoms with Crippen molar-refractivity contribution in [3.8, 4) is 0 Å². The predicted octanol–water partition coefficient (Wildman–Crippen LogP) is 2.88. The molecule has 1 N–H and O–H groups in total. The molecule has 1 nitrogen and oxygen atoms in total. The Bertz CT molecular complexity index is 203. The first-order valence-corrected chi connectivity index (χ1v) is 4.41. The molecule has 2 rings (SSSR count). The van der Waals surface area contributed by atoms with Gasteiger partial charge in [0.2, 0.25) is 0 Å². The second-order valence-electron chi connectivity index (χ2n) is 4.67. The van der Waals surface area contributed by atoms with E-state index in [4.69, 9.17) is 0 Å². The Morgan fingerprint density at radius 2 is 1.82 bits per heavy atom. The van der Waals surface area contributed by atoms with Crippen LogP contribution >= 0.6 is 0 Å². The van der Waals surface area contributed by atoms with Gasteiger partial charge in [-0.2, -0.15) is 0 Å². The zero-order valence-electron chi connectivity index (χ0n) is 7.52. The van der Waals surface area contributed by atoms with Crippen LogP contribution < -0.4 is 0 Å². The lowest BCUT2D eigenvalue weighted by molar-refractivity contribution is 0.350. The molecule has 62 valence electrons. The van der Waals surface area contributed by atoms with Crippen LogP contribution in [0.3, 0.4) is 0 Å². The highest BCUT2D eigenvalue weighted by molar-refractivity contribution is 5.22. The maximum atomic E-state index is 9.49. The maximum absolute atomic E-state index is 9.49. The summed E-state index contributed by atoms with van der Waals surface area (Å²) >= 11 is 0. The average molecular weight is 152 g/mol. The molecule has 0 heterocycles. The fourth-order valence-electron chi connectivity index (χ4n) is 2.50. The molecule has 2 aliphatic carbocycles. The van der Waals surface area contributed by atoms with Gasteiger partial charge in [-0.25, -0.2) is 0 Å². The van der Waals surface area contributed by atoms with Gasteiger partial charge in [-0.3, -0.25) is 0 Å². The van der Waals surface area contributed by atoms with Gasteiger partial charge >= 0.3 is 0 Å². The lowest BCUT2D eigenvalue weighted by atomic mass is 9.99. The van der Waals surface area contributed by atoms with Crippen molar-refractivity contribution in [3.05, 3.63) is 11.3 Å². The summed E-state index contributed by atoms with van der Waals surface area (Å²) in [4.78, 5) is 0. The van der Waals surface area contributed by atoms with Gasteiger partial charge in [-0.1, -0.05) is 13.8 Å². The molecule has 0 unspecified atom stereocenters. The van der Waals surface area contributed by atoms with E-state index in [9.17, 15) is 5.11 Å². The van der Waals surface area contributed by atoms with E-state index >= 15 is 0 Å². The third-order valence-corrected chi connectivity index (χ3v) is 3.72. The summed E-state index contributed by atoms with van der Waals surface area (Å²) in [6, 6.07) is 0. The van der Waals surface area contributed by atoms with Crippen LogP contribution in [0.25, 0.3) is 0 Å². The number of aliphatic hydroxyl groups is 1. The summed E-state index contributed by atoms with van der Waals surface area (Å²) < 4.78 is 0. The highest BCUT2D eigenvalue weighted by atomic mass is 16.3. The standard InChI is InChI=1S/C10H16O/c1-6-4-7-8(5-9(6)11)10(7,2)3/h7-8,11H,4-5H2,1-3H3/t7-,8+/m1/s1. The number of allylic oxidation sites excluding steroid dienone is 2. The normalized spacial score (nSPS) is 40.3. The van der Waals surface area contributed by atoms with E-state index < -0.39 is 0 Å². The zero-order valence-corrected chi connectivity index (χ0v) is 7.52. The van der Waals surface area contributed by atoms with Crippen molar-refractivity contribution in [1.29, 1.82) is 0 Å². The van der Waals surface area contributed by atoms with E-state index in [1.165, 1.54) is 5.57 Å². The molecule has 0 spiro atoms. The van der Waals surface area contributed by atoms with Gasteiger partial charge in [0.15, 0.2) is 0 Å². The largest absolute Gasteiger partial charge is 0.512 e. The Morgan fingerprint density at radius 3 is 2.36 bits per heavy atom. The van der Waals surface area contributed by atoms with Gasteiger partial charge in [-0.15, -0.1) is 0 Å². The molecular weight excluding hydrogens is 136 g/mol. The number of aliphatic hydroxyl groups excluding tert-OH is 1. The van der Waals surface area contributed by atoms with E-state index in [1.807, 2.05) is 0 Å². The van der Waals surface area contributed by atoms with E-state index in [2.05, 4.69) is 20.8 Å². The van der Waals surface area contributed by atoms with Crippen LogP contribution in [-0.4, -0.2) is 5.11 Å². The summed E-state index contributed by atoms with van der Waals surface area (Å²) in [5.74, 6) is 2.29. The Morgan fingerprint density at radius 1 is 1.27 bits per heavy atom. The van der Waals surface area contributed by atoms with Crippen LogP contribution in [0.5, 0.6) is 0 Å². The van der Waals surface area contributed by atoms with Gasteiger partial charge in [-0.05, 0) is 36.2 Å². The minimum absolute atomic E-state index is 0.506. The second-order valence-corrected chi connectivity index (χ2v) is 4.67. The quantitative estimate of drug-likeness (QED) is 0.566. The molecule has 0 aromatic carbocycles. The molecule has 0 aliphatic heterocycles. The van der Waals surface area contributed by atoms with Crippen molar-refractivity contribution in [2.24, 2.45) is 17.3 Å². The molecule has 0 radical (unpaired) electrons. The Hall–Kier alpha value is -0.460. The monoisotopic (exact) mass is 152 g/mol. The van der Waals surface area contributed by atoms with Crippen LogP contribution in [0.1, 0.15) is 33.6 Å². The van der Waals surface area contributed by atoms with Crippen molar-refractivity contribution < 1.29 is 5.11 Å². The second kappa shape index (κ2) is 1.82. The highest BCUT2D eigenvalue weighted by Gasteiger charge is 2.58. The first kappa shape index (κ1) is 7.20. The average Bonchev–Trinajstić information content (AvgIpc) is 2.39. The molecule has 0 saturated heterocycles. The predicted molar refractivity (Wildman–Crippen MR) is 45.3 cm³/mol. The van der Waals surface area contributed by atoms with Gasteiger partial charge < -0.3 is 5.11 Å². The summed E-state index contributed by atoms with van der Waals surface area (Å²) in [6.07, 6.45) is 2.06. The summed E-state index contributed by atoms with van der Waals surface area (Å²) in [5, 5.41) is 9.49. The van der Waals surface area contributed by atoms with Gasteiger partial charge in [0.05, 0.1) is 5.76 Å². The number of hydrogen-bond donors (Lipinski definition) is 1. The first-order chi connectivity index (χ1) is 5.03. The van der Waals surface area contributed by atoms with Gasteiger partial charge in [0.25, 0.3) is 0 Å². The smallest absolute Gasteiger partial charge is 0.0914 e. The molecule has 0 aromatic heterocycles. The van der Waals surface area contributed by atoms with E-state index in [0.29, 0.717) is 11.2 Å². The number of fused-ring (bicyclic) bond motifs is 1. The first-order valence-electron chi connectivity index (χ1n) is 4.41. The molecule has 0 bridgehead atoms. The van der Waals surface area contributed by atoms with Crippen molar-refractivity contribution in [2.45, 2.75) is 33.6 Å².